The molecule has 1 N–H and O–H groups in total. The van der Waals surface area contributed by atoms with E-state index in [0.717, 1.165) is 17.5 Å². The number of hydrogen-bond acceptors (Lipinski definition) is 5. The molecule has 7 nitrogen and oxygen atoms in total. The van der Waals surface area contributed by atoms with E-state index in [9.17, 15) is 9.18 Å². The highest BCUT2D eigenvalue weighted by Gasteiger charge is 2.17. The van der Waals surface area contributed by atoms with Crippen molar-refractivity contribution in [3.63, 3.8) is 0 Å². The zero-order valence-corrected chi connectivity index (χ0v) is 18.8. The first-order valence-electron chi connectivity index (χ1n) is 10.9. The topological polar surface area (TPSA) is 85.6 Å². The first-order chi connectivity index (χ1) is 16.0. The van der Waals surface area contributed by atoms with Gasteiger partial charge in [0.1, 0.15) is 5.82 Å². The van der Waals surface area contributed by atoms with Gasteiger partial charge in [0, 0.05) is 29.9 Å². The Kier molecular flexibility index (Phi) is 6.53. The van der Waals surface area contributed by atoms with Crippen LogP contribution >= 0.6 is 0 Å². The van der Waals surface area contributed by atoms with E-state index in [1.165, 1.54) is 6.07 Å². The fraction of sp³-hybridized carbons (Fsp3) is 0.240. The van der Waals surface area contributed by atoms with Crippen LogP contribution in [0.1, 0.15) is 53.6 Å². The van der Waals surface area contributed by atoms with Crippen LogP contribution in [0.5, 0.6) is 0 Å². The number of amides is 1. The highest BCUT2D eigenvalue weighted by atomic mass is 19.1. The lowest BCUT2D eigenvalue weighted by atomic mass is 9.99. The lowest BCUT2D eigenvalue weighted by Gasteiger charge is -2.16. The molecule has 2 aromatic carbocycles. The zero-order valence-electron chi connectivity index (χ0n) is 18.8. The minimum absolute atomic E-state index is 0.252. The number of nitrogens with zero attached hydrogens (tertiary/aromatic N) is 5. The Hall–Kier alpha value is -3.94. The Bertz CT molecular complexity index is 1270. The largest absolute Gasteiger partial charge is 0.345 e. The molecule has 0 spiro atoms. The van der Waals surface area contributed by atoms with E-state index in [1.54, 1.807) is 41.3 Å². The monoisotopic (exact) mass is 444 g/mol. The molecule has 168 valence electrons. The first-order valence-corrected chi connectivity index (χ1v) is 10.9. The Morgan fingerprint density at radius 3 is 2.76 bits per heavy atom. The van der Waals surface area contributed by atoms with Crippen molar-refractivity contribution in [1.82, 2.24) is 30.5 Å². The van der Waals surface area contributed by atoms with Gasteiger partial charge in [-0.15, -0.1) is 5.10 Å². The Balaban J connectivity index is 1.77. The number of carbonyl (C=O) groups excluding carboxylic acids is 1. The average molecular weight is 445 g/mol. The lowest BCUT2D eigenvalue weighted by molar-refractivity contribution is 0.0940. The summed E-state index contributed by atoms with van der Waals surface area (Å²) in [6, 6.07) is 13.7. The van der Waals surface area contributed by atoms with Gasteiger partial charge in [-0.3, -0.25) is 9.78 Å². The maximum atomic E-state index is 14.8. The number of pyridine rings is 1. The van der Waals surface area contributed by atoms with Crippen molar-refractivity contribution in [2.45, 2.75) is 39.7 Å². The highest BCUT2D eigenvalue weighted by Crippen LogP contribution is 2.28. The van der Waals surface area contributed by atoms with Crippen LogP contribution in [0.25, 0.3) is 16.8 Å². The molecular formula is C25H25FN6O. The molecule has 0 aliphatic carbocycles. The average Bonchev–Trinajstić information content (AvgIpc) is 3.28. The molecule has 0 radical (unpaired) electrons. The first kappa shape index (κ1) is 22.3. The number of rotatable bonds is 7. The van der Waals surface area contributed by atoms with Crippen LogP contribution in [0.3, 0.4) is 0 Å². The maximum Gasteiger partial charge on any atom is 0.251 e. The number of aryl methyl sites for hydroxylation is 2. The molecule has 0 saturated carbocycles. The van der Waals surface area contributed by atoms with Crippen molar-refractivity contribution in [3.05, 3.63) is 89.3 Å². The quantitative estimate of drug-likeness (QED) is 0.450. The maximum absolute atomic E-state index is 14.8. The second kappa shape index (κ2) is 9.68. The number of carbonyl (C=O) groups is 1. The van der Waals surface area contributed by atoms with Gasteiger partial charge in [-0.2, -0.15) is 4.68 Å². The standard InChI is InChI=1S/C25H25FN6O/c1-4-6-24-29-30-31-32(24)21-13-19(22-9-8-16(2)11-23(22)26)12-20(14-21)25(33)28-17(3)18-7-5-10-27-15-18/h5,7-15,17H,4,6H2,1-3H3,(H,28,33). The van der Waals surface area contributed by atoms with Crippen molar-refractivity contribution in [3.8, 4) is 16.8 Å². The fourth-order valence-corrected chi connectivity index (χ4v) is 3.66. The molecule has 0 fully saturated rings. The van der Waals surface area contributed by atoms with Gasteiger partial charge in [0.15, 0.2) is 5.82 Å². The number of hydrogen-bond donors (Lipinski definition) is 1. The Labute approximate surface area is 191 Å². The van der Waals surface area contributed by atoms with Crippen molar-refractivity contribution < 1.29 is 9.18 Å². The summed E-state index contributed by atoms with van der Waals surface area (Å²) in [5.74, 6) is 0.0361. The molecule has 1 atom stereocenters. The smallest absolute Gasteiger partial charge is 0.251 e. The predicted octanol–water partition coefficient (Wildman–Crippen LogP) is 4.62. The van der Waals surface area contributed by atoms with E-state index in [2.05, 4.69) is 25.8 Å². The number of nitrogens with one attached hydrogen (secondary N) is 1. The second-order valence-corrected chi connectivity index (χ2v) is 7.99. The minimum Gasteiger partial charge on any atom is -0.345 e. The van der Waals surface area contributed by atoms with Crippen LogP contribution in [-0.4, -0.2) is 31.1 Å². The fourth-order valence-electron chi connectivity index (χ4n) is 3.66. The number of aromatic nitrogens is 5. The molecule has 4 aromatic rings. The molecule has 0 aliphatic rings. The molecule has 33 heavy (non-hydrogen) atoms. The van der Waals surface area contributed by atoms with Crippen LogP contribution in [0.4, 0.5) is 4.39 Å². The van der Waals surface area contributed by atoms with Crippen molar-refractivity contribution in [2.24, 2.45) is 0 Å². The molecular weight excluding hydrogens is 419 g/mol. The predicted molar refractivity (Wildman–Crippen MR) is 123 cm³/mol. The second-order valence-electron chi connectivity index (χ2n) is 7.99. The summed E-state index contributed by atoms with van der Waals surface area (Å²) >= 11 is 0. The number of halogens is 1. The minimum atomic E-state index is -0.354. The molecule has 1 amide bonds. The molecule has 0 aliphatic heterocycles. The van der Waals surface area contributed by atoms with Crippen LogP contribution < -0.4 is 5.32 Å². The van der Waals surface area contributed by atoms with Crippen LogP contribution in [-0.2, 0) is 6.42 Å². The van der Waals surface area contributed by atoms with Crippen LogP contribution in [0.15, 0.2) is 60.9 Å². The number of tetrazole rings is 1. The van der Waals surface area contributed by atoms with E-state index in [0.29, 0.717) is 34.6 Å². The van der Waals surface area contributed by atoms with Gasteiger partial charge in [-0.25, -0.2) is 4.39 Å². The van der Waals surface area contributed by atoms with Crippen molar-refractivity contribution in [2.75, 3.05) is 0 Å². The van der Waals surface area contributed by atoms with E-state index in [1.807, 2.05) is 39.0 Å². The Morgan fingerprint density at radius 1 is 1.18 bits per heavy atom. The third-order valence-electron chi connectivity index (χ3n) is 5.40. The van der Waals surface area contributed by atoms with Gasteiger partial charge in [0.2, 0.25) is 0 Å². The third kappa shape index (κ3) is 4.95. The molecule has 1 unspecified atom stereocenters. The molecule has 0 saturated heterocycles. The van der Waals surface area contributed by atoms with Gasteiger partial charge in [-0.05, 0) is 77.7 Å². The lowest BCUT2D eigenvalue weighted by Crippen LogP contribution is -2.27. The van der Waals surface area contributed by atoms with Gasteiger partial charge in [0.25, 0.3) is 5.91 Å². The number of benzene rings is 2. The van der Waals surface area contributed by atoms with Crippen molar-refractivity contribution in [1.29, 1.82) is 0 Å². The normalized spacial score (nSPS) is 11.9. The summed E-state index contributed by atoms with van der Waals surface area (Å²) in [5.41, 5.74) is 3.67. The molecule has 8 heteroatoms. The summed E-state index contributed by atoms with van der Waals surface area (Å²) in [4.78, 5) is 17.3. The molecule has 2 aromatic heterocycles. The summed E-state index contributed by atoms with van der Waals surface area (Å²) < 4.78 is 16.4. The van der Waals surface area contributed by atoms with Crippen LogP contribution in [0.2, 0.25) is 0 Å². The van der Waals surface area contributed by atoms with E-state index < -0.39 is 0 Å². The summed E-state index contributed by atoms with van der Waals surface area (Å²) in [5, 5.41) is 15.0. The molecule has 0 bridgehead atoms. The third-order valence-corrected chi connectivity index (χ3v) is 5.40. The molecule has 4 rings (SSSR count). The van der Waals surface area contributed by atoms with E-state index in [-0.39, 0.29) is 17.8 Å². The zero-order chi connectivity index (χ0) is 23.4. The van der Waals surface area contributed by atoms with Gasteiger partial charge in [-0.1, -0.05) is 25.1 Å². The van der Waals surface area contributed by atoms with Gasteiger partial charge in [0.05, 0.1) is 11.7 Å². The van der Waals surface area contributed by atoms with Gasteiger partial charge >= 0.3 is 0 Å². The van der Waals surface area contributed by atoms with Crippen LogP contribution in [0, 0.1) is 12.7 Å². The SMILES string of the molecule is CCCc1nnnn1-c1cc(C(=O)NC(C)c2cccnc2)cc(-c2ccc(C)cc2F)c1. The highest BCUT2D eigenvalue weighted by molar-refractivity contribution is 5.96. The Morgan fingerprint density at radius 2 is 2.03 bits per heavy atom. The van der Waals surface area contributed by atoms with Crippen molar-refractivity contribution >= 4 is 5.91 Å². The van der Waals surface area contributed by atoms with Gasteiger partial charge < -0.3 is 5.32 Å². The van der Waals surface area contributed by atoms with E-state index in [4.69, 9.17) is 0 Å². The molecule has 2 heterocycles. The van der Waals surface area contributed by atoms with E-state index >= 15 is 0 Å². The summed E-state index contributed by atoms with van der Waals surface area (Å²) in [6.07, 6.45) is 4.94. The summed E-state index contributed by atoms with van der Waals surface area (Å²) in [6.45, 7) is 5.76. The summed E-state index contributed by atoms with van der Waals surface area (Å²) in [7, 11) is 0.